The van der Waals surface area contributed by atoms with Crippen molar-refractivity contribution in [3.63, 3.8) is 0 Å². The first kappa shape index (κ1) is 20.8. The van der Waals surface area contributed by atoms with E-state index in [9.17, 15) is 9.18 Å². The Hall–Kier alpha value is -3.03. The number of ether oxygens (including phenoxy) is 1. The van der Waals surface area contributed by atoms with E-state index < -0.39 is 0 Å². The van der Waals surface area contributed by atoms with Crippen LogP contribution in [0.15, 0.2) is 48.8 Å². The fourth-order valence-electron chi connectivity index (χ4n) is 4.51. The van der Waals surface area contributed by atoms with Crippen LogP contribution in [0, 0.1) is 5.82 Å². The summed E-state index contributed by atoms with van der Waals surface area (Å²) in [5, 5.41) is 5.46. The quantitative estimate of drug-likeness (QED) is 0.407. The van der Waals surface area contributed by atoms with E-state index in [1.807, 2.05) is 18.2 Å². The normalized spacial score (nSPS) is 14.2. The topological polar surface area (TPSA) is 54.5 Å². The number of nitrogens with zero attached hydrogens (tertiary/aromatic N) is 2. The first-order chi connectivity index (χ1) is 15.7. The highest BCUT2D eigenvalue weighted by atomic mass is 32.1. The number of piperidine rings is 1. The molecule has 0 radical (unpaired) electrons. The van der Waals surface area contributed by atoms with Gasteiger partial charge in [-0.2, -0.15) is 0 Å². The first-order valence-corrected chi connectivity index (χ1v) is 11.6. The predicted octanol–water partition coefficient (Wildman–Crippen LogP) is 5.98. The Labute approximate surface area is 189 Å². The van der Waals surface area contributed by atoms with Crippen molar-refractivity contribution in [2.45, 2.75) is 25.9 Å². The molecule has 1 saturated heterocycles. The van der Waals surface area contributed by atoms with E-state index in [1.54, 1.807) is 25.6 Å². The smallest absolute Gasteiger partial charge is 0.266 e. The van der Waals surface area contributed by atoms with E-state index in [-0.39, 0.29) is 18.3 Å². The highest BCUT2D eigenvalue weighted by molar-refractivity contribution is 7.21. The van der Waals surface area contributed by atoms with Crippen molar-refractivity contribution in [2.24, 2.45) is 0 Å². The summed E-state index contributed by atoms with van der Waals surface area (Å²) in [7, 11) is 1.55. The molecule has 1 N–H and O–H groups in total. The lowest BCUT2D eigenvalue weighted by Gasteiger charge is -2.30. The van der Waals surface area contributed by atoms with Crippen LogP contribution in [0.3, 0.4) is 0 Å². The third-order valence-corrected chi connectivity index (χ3v) is 7.19. The molecule has 0 aliphatic carbocycles. The van der Waals surface area contributed by atoms with Gasteiger partial charge < -0.3 is 15.0 Å². The van der Waals surface area contributed by atoms with Crippen LogP contribution < -0.4 is 10.2 Å². The van der Waals surface area contributed by atoms with Crippen molar-refractivity contribution in [3.05, 3.63) is 65.0 Å². The second-order valence-electron chi connectivity index (χ2n) is 8.01. The Morgan fingerprint density at radius 3 is 2.81 bits per heavy atom. The van der Waals surface area contributed by atoms with Crippen LogP contribution in [0.2, 0.25) is 0 Å². The van der Waals surface area contributed by atoms with Crippen molar-refractivity contribution in [1.82, 2.24) is 4.98 Å². The molecule has 1 fully saturated rings. The van der Waals surface area contributed by atoms with Crippen LogP contribution in [-0.2, 0) is 11.3 Å². The second-order valence-corrected chi connectivity index (χ2v) is 9.06. The van der Waals surface area contributed by atoms with Crippen molar-refractivity contribution in [1.29, 1.82) is 0 Å². The van der Waals surface area contributed by atoms with Gasteiger partial charge in [-0.15, -0.1) is 11.3 Å². The molecule has 0 spiro atoms. The number of nitrogens with one attached hydrogen (secondary N) is 1. The van der Waals surface area contributed by atoms with E-state index in [0.717, 1.165) is 28.6 Å². The molecule has 5 rings (SSSR count). The minimum atomic E-state index is -0.342. The minimum absolute atomic E-state index is 0.167. The second kappa shape index (κ2) is 8.84. The number of anilines is 2. The molecule has 5 nitrogen and oxygen atoms in total. The molecule has 0 bridgehead atoms. The van der Waals surface area contributed by atoms with Gasteiger partial charge in [-0.25, -0.2) is 4.39 Å². The highest BCUT2D eigenvalue weighted by Gasteiger charge is 2.22. The third-order valence-electron chi connectivity index (χ3n) is 6.00. The zero-order valence-corrected chi connectivity index (χ0v) is 18.7. The molecule has 32 heavy (non-hydrogen) atoms. The largest absolute Gasteiger partial charge is 0.380 e. The fraction of sp³-hybridized carbons (Fsp3) is 0.280. The summed E-state index contributed by atoms with van der Waals surface area (Å²) in [4.78, 5) is 20.5. The number of thiophene rings is 1. The van der Waals surface area contributed by atoms with Gasteiger partial charge in [-0.3, -0.25) is 9.78 Å². The molecule has 1 aliphatic heterocycles. The van der Waals surface area contributed by atoms with Crippen LogP contribution in [0.5, 0.6) is 0 Å². The number of methoxy groups -OCH3 is 1. The number of pyridine rings is 1. The number of fused-ring (bicyclic) bond motifs is 2. The summed E-state index contributed by atoms with van der Waals surface area (Å²) < 4.78 is 20.5. The molecule has 2 aromatic heterocycles. The van der Waals surface area contributed by atoms with E-state index in [0.29, 0.717) is 21.5 Å². The molecular formula is C25H24FN3O2S. The maximum atomic E-state index is 14.5. The van der Waals surface area contributed by atoms with Gasteiger partial charge in [0.05, 0.1) is 17.2 Å². The SMILES string of the molecule is COCc1c(C(=O)Nc2ccc(N3CCCCC3)c3ccncc23)sc2cccc(F)c12. The number of benzene rings is 2. The van der Waals surface area contributed by atoms with Gasteiger partial charge in [0.1, 0.15) is 5.82 Å². The van der Waals surface area contributed by atoms with Gasteiger partial charge in [0, 0.05) is 64.7 Å². The zero-order chi connectivity index (χ0) is 22.1. The number of halogens is 1. The van der Waals surface area contributed by atoms with E-state index in [1.165, 1.54) is 42.4 Å². The average Bonchev–Trinajstić information content (AvgIpc) is 3.20. The van der Waals surface area contributed by atoms with Gasteiger partial charge >= 0.3 is 0 Å². The standard InChI is InChI=1S/C25H24FN3O2S/c1-31-15-18-23-19(26)6-5-7-22(23)32-24(18)25(30)28-20-8-9-21(29-12-3-2-4-13-29)16-10-11-27-14-17(16)20/h5-11,14H,2-4,12-13,15H2,1H3,(H,28,30). The lowest BCUT2D eigenvalue weighted by atomic mass is 10.0. The monoisotopic (exact) mass is 449 g/mol. The van der Waals surface area contributed by atoms with E-state index >= 15 is 0 Å². The Bertz CT molecular complexity index is 1300. The number of carbonyl (C=O) groups excluding carboxylic acids is 1. The Morgan fingerprint density at radius 2 is 2.00 bits per heavy atom. The molecule has 2 aromatic carbocycles. The molecule has 4 aromatic rings. The molecular weight excluding hydrogens is 425 g/mol. The number of hydrogen-bond acceptors (Lipinski definition) is 5. The van der Waals surface area contributed by atoms with Crippen molar-refractivity contribution in [2.75, 3.05) is 30.4 Å². The van der Waals surface area contributed by atoms with Gasteiger partial charge in [-0.05, 0) is 49.6 Å². The van der Waals surface area contributed by atoms with Gasteiger partial charge in [0.25, 0.3) is 5.91 Å². The molecule has 1 amide bonds. The van der Waals surface area contributed by atoms with Crippen molar-refractivity contribution >= 4 is 49.5 Å². The molecule has 1 aliphatic rings. The third kappa shape index (κ3) is 3.72. The zero-order valence-electron chi connectivity index (χ0n) is 17.9. The summed E-state index contributed by atoms with van der Waals surface area (Å²) in [6.07, 6.45) is 7.22. The Balaban J connectivity index is 1.53. The molecule has 164 valence electrons. The number of rotatable bonds is 5. The maximum Gasteiger partial charge on any atom is 0.266 e. The summed E-state index contributed by atoms with van der Waals surface area (Å²) in [6.45, 7) is 2.24. The Morgan fingerprint density at radius 1 is 1.16 bits per heavy atom. The lowest BCUT2D eigenvalue weighted by molar-refractivity contribution is 0.102. The summed E-state index contributed by atoms with van der Waals surface area (Å²) in [5.41, 5.74) is 2.44. The molecule has 0 saturated carbocycles. The number of aromatic nitrogens is 1. The van der Waals surface area contributed by atoms with Crippen LogP contribution in [0.25, 0.3) is 20.9 Å². The van der Waals surface area contributed by atoms with Crippen molar-refractivity contribution in [3.8, 4) is 0 Å². The fourth-order valence-corrected chi connectivity index (χ4v) is 5.62. The Kier molecular flexibility index (Phi) is 5.76. The van der Waals surface area contributed by atoms with Gasteiger partial charge in [0.15, 0.2) is 0 Å². The van der Waals surface area contributed by atoms with Crippen LogP contribution in [0.4, 0.5) is 15.8 Å². The van der Waals surface area contributed by atoms with E-state index in [4.69, 9.17) is 4.74 Å². The first-order valence-electron chi connectivity index (χ1n) is 10.8. The molecule has 0 atom stereocenters. The summed E-state index contributed by atoms with van der Waals surface area (Å²) in [6, 6.07) is 10.9. The number of carbonyl (C=O) groups is 1. The van der Waals surface area contributed by atoms with E-state index in [2.05, 4.69) is 21.3 Å². The minimum Gasteiger partial charge on any atom is -0.380 e. The summed E-state index contributed by atoms with van der Waals surface area (Å²) in [5.74, 6) is -0.612. The highest BCUT2D eigenvalue weighted by Crippen LogP contribution is 2.36. The maximum absolute atomic E-state index is 14.5. The summed E-state index contributed by atoms with van der Waals surface area (Å²) >= 11 is 1.28. The van der Waals surface area contributed by atoms with Gasteiger partial charge in [-0.1, -0.05) is 6.07 Å². The average molecular weight is 450 g/mol. The van der Waals surface area contributed by atoms with Gasteiger partial charge in [0.2, 0.25) is 0 Å². The predicted molar refractivity (Wildman–Crippen MR) is 128 cm³/mol. The molecule has 3 heterocycles. The van der Waals surface area contributed by atoms with Crippen molar-refractivity contribution < 1.29 is 13.9 Å². The van der Waals surface area contributed by atoms with Crippen LogP contribution in [0.1, 0.15) is 34.5 Å². The van der Waals surface area contributed by atoms with Crippen LogP contribution in [-0.4, -0.2) is 31.1 Å². The number of amides is 1. The van der Waals surface area contributed by atoms with Crippen LogP contribution >= 0.6 is 11.3 Å². The number of hydrogen-bond donors (Lipinski definition) is 1. The lowest BCUT2D eigenvalue weighted by Crippen LogP contribution is -2.29. The molecule has 7 heteroatoms. The molecule has 0 unspecified atom stereocenters.